The van der Waals surface area contributed by atoms with Gasteiger partial charge < -0.3 is 20.5 Å². The molecular weight excluding hydrogens is 518 g/mol. The zero-order valence-corrected chi connectivity index (χ0v) is 22.5. The summed E-state index contributed by atoms with van der Waals surface area (Å²) in [5.74, 6) is -2.19. The molecule has 9 nitrogen and oxygen atoms in total. The molecule has 0 radical (unpaired) electrons. The molecule has 3 N–H and O–H groups in total. The van der Waals surface area contributed by atoms with Gasteiger partial charge in [-0.15, -0.1) is 0 Å². The van der Waals surface area contributed by atoms with Crippen LogP contribution in [0.3, 0.4) is 0 Å². The predicted molar refractivity (Wildman–Crippen MR) is 153 cm³/mol. The Labute approximate surface area is 237 Å². The molecule has 3 amide bonds. The van der Waals surface area contributed by atoms with Crippen LogP contribution in [0.5, 0.6) is 0 Å². The van der Waals surface area contributed by atoms with Crippen molar-refractivity contribution in [3.05, 3.63) is 102 Å². The first-order valence-corrected chi connectivity index (χ1v) is 13.8. The second-order valence-electron chi connectivity index (χ2n) is 11.1. The molecule has 9 heteroatoms. The maximum atomic E-state index is 13.8. The monoisotopic (exact) mass is 549 g/mol. The zero-order valence-electron chi connectivity index (χ0n) is 22.5. The Kier molecular flexibility index (Phi) is 7.09. The van der Waals surface area contributed by atoms with E-state index in [1.165, 1.54) is 0 Å². The Morgan fingerprint density at radius 1 is 0.951 bits per heavy atom. The predicted octanol–water partition coefficient (Wildman–Crippen LogP) is 3.17. The minimum absolute atomic E-state index is 0.0681. The average molecular weight is 550 g/mol. The summed E-state index contributed by atoms with van der Waals surface area (Å²) in [6.45, 7) is 0.680. The van der Waals surface area contributed by atoms with E-state index < -0.39 is 29.7 Å². The molecule has 2 unspecified atom stereocenters. The number of nitrogens with zero attached hydrogens (tertiary/aromatic N) is 2. The van der Waals surface area contributed by atoms with Crippen LogP contribution in [0.2, 0.25) is 0 Å². The first-order chi connectivity index (χ1) is 19.9. The molecule has 1 saturated heterocycles. The van der Waals surface area contributed by atoms with E-state index in [2.05, 4.69) is 20.6 Å². The number of benzene rings is 2. The molecule has 41 heavy (non-hydrogen) atoms. The second kappa shape index (κ2) is 11.0. The van der Waals surface area contributed by atoms with Crippen molar-refractivity contribution in [2.75, 3.05) is 6.54 Å². The van der Waals surface area contributed by atoms with Crippen LogP contribution in [0.15, 0.2) is 85.2 Å². The summed E-state index contributed by atoms with van der Waals surface area (Å²) in [7, 11) is 0. The lowest BCUT2D eigenvalue weighted by molar-refractivity contribution is -0.140. The zero-order chi connectivity index (χ0) is 28.4. The number of fused-ring (bicyclic) bond motifs is 1. The number of amides is 3. The van der Waals surface area contributed by atoms with Gasteiger partial charge >= 0.3 is 0 Å². The lowest BCUT2D eigenvalue weighted by Gasteiger charge is -2.26. The van der Waals surface area contributed by atoms with Crippen molar-refractivity contribution in [1.82, 2.24) is 25.5 Å². The highest BCUT2D eigenvalue weighted by molar-refractivity contribution is 6.38. The van der Waals surface area contributed by atoms with E-state index in [9.17, 15) is 19.2 Å². The number of carbonyl (C=O) groups excluding carboxylic acids is 4. The fourth-order valence-electron chi connectivity index (χ4n) is 5.64. The molecule has 2 fully saturated rings. The molecule has 1 aliphatic carbocycles. The summed E-state index contributed by atoms with van der Waals surface area (Å²) in [5, 5.41) is 6.43. The van der Waals surface area contributed by atoms with Crippen molar-refractivity contribution in [2.24, 2.45) is 5.41 Å². The van der Waals surface area contributed by atoms with Crippen molar-refractivity contribution < 1.29 is 19.2 Å². The smallest absolute Gasteiger partial charge is 0.289 e. The van der Waals surface area contributed by atoms with Gasteiger partial charge in [0.25, 0.3) is 11.8 Å². The number of hydrogen-bond donors (Lipinski definition) is 3. The maximum Gasteiger partial charge on any atom is 0.289 e. The van der Waals surface area contributed by atoms with Crippen LogP contribution in [0.1, 0.15) is 40.9 Å². The quantitative estimate of drug-likeness (QED) is 0.277. The molecule has 4 aromatic rings. The average Bonchev–Trinajstić information content (AvgIpc) is 3.44. The number of likely N-dealkylation sites (tertiary alicyclic amines) is 1. The van der Waals surface area contributed by atoms with Crippen LogP contribution in [-0.2, 0) is 27.3 Å². The molecule has 1 aliphatic heterocycles. The van der Waals surface area contributed by atoms with Gasteiger partial charge in [0.2, 0.25) is 11.7 Å². The molecule has 2 atom stereocenters. The number of rotatable bonds is 9. The van der Waals surface area contributed by atoms with Gasteiger partial charge in [0, 0.05) is 42.8 Å². The van der Waals surface area contributed by atoms with Gasteiger partial charge in [-0.1, -0.05) is 48.5 Å². The fourth-order valence-corrected chi connectivity index (χ4v) is 5.64. The third kappa shape index (κ3) is 5.75. The van der Waals surface area contributed by atoms with E-state index in [0.29, 0.717) is 18.7 Å². The number of Topliss-reactive ketones (excluding diaryl/α,β-unsaturated/α-hetero) is 1. The highest BCUT2D eigenvalue weighted by Crippen LogP contribution is 2.55. The Bertz CT molecular complexity index is 1560. The molecule has 208 valence electrons. The second-order valence-corrected chi connectivity index (χ2v) is 11.1. The number of carbonyl (C=O) groups is 4. The standard InChI is InChI=1S/C32H31N5O4/c38-28(30(40)34-19-22-6-2-1-3-7-22)25(16-21-10-14-33-15-11-21)36-29(39)27-18-32(12-13-32)20-37(27)31(41)26-17-23-8-4-5-9-24(23)35-26/h1-11,14-15,17,25,27,35H,12-13,16,18-20H2,(H,34,40)(H,36,39). The number of aromatic amines is 1. The van der Waals surface area contributed by atoms with Crippen LogP contribution < -0.4 is 10.6 Å². The Balaban J connectivity index is 1.20. The number of hydrogen-bond acceptors (Lipinski definition) is 5. The minimum atomic E-state index is -1.10. The van der Waals surface area contributed by atoms with E-state index in [4.69, 9.17) is 0 Å². The van der Waals surface area contributed by atoms with Crippen molar-refractivity contribution in [3.8, 4) is 0 Å². The number of nitrogens with one attached hydrogen (secondary N) is 3. The summed E-state index contributed by atoms with van der Waals surface area (Å²) in [5.41, 5.74) is 2.82. The minimum Gasteiger partial charge on any atom is -0.351 e. The third-order valence-electron chi connectivity index (χ3n) is 8.13. The van der Waals surface area contributed by atoms with Crippen LogP contribution >= 0.6 is 0 Å². The molecule has 1 saturated carbocycles. The summed E-state index contributed by atoms with van der Waals surface area (Å²) in [4.78, 5) is 62.5. The lowest BCUT2D eigenvalue weighted by atomic mass is 10.00. The molecule has 0 bridgehead atoms. The van der Waals surface area contributed by atoms with Crippen LogP contribution in [0.25, 0.3) is 10.9 Å². The van der Waals surface area contributed by atoms with Gasteiger partial charge in [0.05, 0.1) is 0 Å². The van der Waals surface area contributed by atoms with Crippen molar-refractivity contribution >= 4 is 34.4 Å². The van der Waals surface area contributed by atoms with Gasteiger partial charge in [-0.3, -0.25) is 24.2 Å². The highest BCUT2D eigenvalue weighted by atomic mass is 16.2. The van der Waals surface area contributed by atoms with E-state index in [0.717, 1.165) is 34.9 Å². The van der Waals surface area contributed by atoms with Gasteiger partial charge in [-0.05, 0) is 60.1 Å². The summed E-state index contributed by atoms with van der Waals surface area (Å²) < 4.78 is 0. The van der Waals surface area contributed by atoms with Gasteiger partial charge in [0.1, 0.15) is 17.8 Å². The lowest BCUT2D eigenvalue weighted by Crippen LogP contribution is -2.54. The number of H-pyrrole nitrogens is 1. The van der Waals surface area contributed by atoms with E-state index in [1.54, 1.807) is 35.5 Å². The summed E-state index contributed by atoms with van der Waals surface area (Å²) >= 11 is 0. The molecular formula is C32H31N5O4. The number of ketones is 1. The SMILES string of the molecule is O=C(NCc1ccccc1)C(=O)C(Cc1ccncc1)NC(=O)C1CC2(CC2)CN1C(=O)c1cc2ccccc2[nH]1. The largest absolute Gasteiger partial charge is 0.351 e. The molecule has 2 aliphatic rings. The number of para-hydroxylation sites is 1. The molecule has 3 heterocycles. The van der Waals surface area contributed by atoms with Gasteiger partial charge in [-0.25, -0.2) is 0 Å². The Morgan fingerprint density at radius 2 is 1.68 bits per heavy atom. The van der Waals surface area contributed by atoms with Gasteiger partial charge in [-0.2, -0.15) is 0 Å². The molecule has 6 rings (SSSR count). The normalized spacial score (nSPS) is 17.8. The topological polar surface area (TPSA) is 124 Å². The van der Waals surface area contributed by atoms with E-state index in [1.807, 2.05) is 54.6 Å². The van der Waals surface area contributed by atoms with Crippen molar-refractivity contribution in [3.63, 3.8) is 0 Å². The molecule has 2 aromatic carbocycles. The van der Waals surface area contributed by atoms with Crippen molar-refractivity contribution in [2.45, 2.75) is 44.3 Å². The van der Waals surface area contributed by atoms with Crippen LogP contribution in [-0.4, -0.2) is 57.0 Å². The number of pyridine rings is 1. The third-order valence-corrected chi connectivity index (χ3v) is 8.13. The molecule has 1 spiro atoms. The summed E-state index contributed by atoms with van der Waals surface area (Å²) in [6, 6.07) is 20.4. The molecule has 2 aromatic heterocycles. The Hall–Kier alpha value is -4.79. The van der Waals surface area contributed by atoms with E-state index >= 15 is 0 Å². The van der Waals surface area contributed by atoms with Crippen molar-refractivity contribution in [1.29, 1.82) is 0 Å². The first kappa shape index (κ1) is 26.4. The van der Waals surface area contributed by atoms with Gasteiger partial charge in [0.15, 0.2) is 0 Å². The highest BCUT2D eigenvalue weighted by Gasteiger charge is 2.55. The first-order valence-electron chi connectivity index (χ1n) is 13.8. The number of aromatic nitrogens is 2. The fraction of sp³-hybridized carbons (Fsp3) is 0.281. The summed E-state index contributed by atoms with van der Waals surface area (Å²) in [6.07, 6.45) is 5.76. The van der Waals surface area contributed by atoms with E-state index in [-0.39, 0.29) is 24.3 Å². The van der Waals surface area contributed by atoms with Crippen LogP contribution in [0, 0.1) is 5.41 Å². The van der Waals surface area contributed by atoms with Crippen LogP contribution in [0.4, 0.5) is 0 Å². The Morgan fingerprint density at radius 3 is 2.41 bits per heavy atom. The maximum absolute atomic E-state index is 13.8.